The number of benzene rings is 1. The number of hydrogen-bond donors (Lipinski definition) is 0. The molecule has 1 aliphatic carbocycles. The van der Waals surface area contributed by atoms with Crippen LogP contribution in [0.4, 0.5) is 5.69 Å². The highest BCUT2D eigenvalue weighted by Crippen LogP contribution is 2.34. The van der Waals surface area contributed by atoms with Gasteiger partial charge in [0.25, 0.3) is 0 Å². The van der Waals surface area contributed by atoms with Gasteiger partial charge in [0.15, 0.2) is 5.16 Å². The van der Waals surface area contributed by atoms with E-state index < -0.39 is 0 Å². The summed E-state index contributed by atoms with van der Waals surface area (Å²) in [4.78, 5) is 15.7. The number of aromatic nitrogens is 2. The van der Waals surface area contributed by atoms with Gasteiger partial charge in [0, 0.05) is 31.1 Å². The van der Waals surface area contributed by atoms with Crippen molar-refractivity contribution in [3.63, 3.8) is 0 Å². The average Bonchev–Trinajstić information content (AvgIpc) is 2.70. The van der Waals surface area contributed by atoms with Crippen LogP contribution in [0.15, 0.2) is 34.5 Å². The third kappa shape index (κ3) is 5.71. The third-order valence-electron chi connectivity index (χ3n) is 5.03. The zero-order valence-electron chi connectivity index (χ0n) is 17.3. The SMILES string of the molecule is CCN(C)C=Nc1cc(C)c(Oc2ccnc(SC3CCCCC3)n2)cc1C. The zero-order chi connectivity index (χ0) is 19.9. The first kappa shape index (κ1) is 20.6. The lowest BCUT2D eigenvalue weighted by Gasteiger charge is -2.20. The van der Waals surface area contributed by atoms with Crippen LogP contribution in [0.25, 0.3) is 0 Å². The molecular formula is C22H30N4OS. The van der Waals surface area contributed by atoms with Crippen molar-refractivity contribution in [1.29, 1.82) is 0 Å². The molecule has 0 aliphatic heterocycles. The van der Waals surface area contributed by atoms with E-state index in [1.807, 2.05) is 37.3 Å². The molecule has 1 aromatic heterocycles. The summed E-state index contributed by atoms with van der Waals surface area (Å²) in [7, 11) is 2.02. The van der Waals surface area contributed by atoms with Gasteiger partial charge in [0.2, 0.25) is 5.88 Å². The second-order valence-electron chi connectivity index (χ2n) is 7.38. The van der Waals surface area contributed by atoms with E-state index >= 15 is 0 Å². The fourth-order valence-corrected chi connectivity index (χ4v) is 4.28. The van der Waals surface area contributed by atoms with Gasteiger partial charge in [-0.1, -0.05) is 31.0 Å². The van der Waals surface area contributed by atoms with Crippen LogP contribution >= 0.6 is 11.8 Å². The van der Waals surface area contributed by atoms with Crippen LogP contribution in [-0.4, -0.2) is 40.0 Å². The molecule has 5 nitrogen and oxygen atoms in total. The Morgan fingerprint density at radius 1 is 1.21 bits per heavy atom. The molecule has 0 bridgehead atoms. The van der Waals surface area contributed by atoms with Gasteiger partial charge in [-0.25, -0.2) is 9.98 Å². The highest BCUT2D eigenvalue weighted by atomic mass is 32.2. The minimum absolute atomic E-state index is 0.595. The number of ether oxygens (including phenoxy) is 1. The minimum atomic E-state index is 0.595. The van der Waals surface area contributed by atoms with E-state index in [0.717, 1.165) is 34.3 Å². The first-order valence-electron chi connectivity index (χ1n) is 10.1. The summed E-state index contributed by atoms with van der Waals surface area (Å²) in [6, 6.07) is 5.91. The number of hydrogen-bond acceptors (Lipinski definition) is 5. The summed E-state index contributed by atoms with van der Waals surface area (Å²) in [5.41, 5.74) is 3.07. The van der Waals surface area contributed by atoms with Gasteiger partial charge in [0.1, 0.15) is 5.75 Å². The van der Waals surface area contributed by atoms with Crippen molar-refractivity contribution >= 4 is 23.8 Å². The van der Waals surface area contributed by atoms with Crippen LogP contribution in [0, 0.1) is 13.8 Å². The van der Waals surface area contributed by atoms with Crippen LogP contribution in [0.3, 0.4) is 0 Å². The smallest absolute Gasteiger partial charge is 0.223 e. The van der Waals surface area contributed by atoms with E-state index in [-0.39, 0.29) is 0 Å². The van der Waals surface area contributed by atoms with Gasteiger partial charge in [-0.3, -0.25) is 0 Å². The van der Waals surface area contributed by atoms with Gasteiger partial charge in [0.05, 0.1) is 12.0 Å². The molecule has 0 N–H and O–H groups in total. The number of aryl methyl sites for hydroxylation is 2. The summed E-state index contributed by atoms with van der Waals surface area (Å²) < 4.78 is 6.09. The van der Waals surface area contributed by atoms with E-state index in [1.54, 1.807) is 18.0 Å². The largest absolute Gasteiger partial charge is 0.439 e. The maximum Gasteiger partial charge on any atom is 0.223 e. The van der Waals surface area contributed by atoms with Crippen molar-refractivity contribution in [2.75, 3.05) is 13.6 Å². The number of nitrogens with zero attached hydrogens (tertiary/aromatic N) is 4. The van der Waals surface area contributed by atoms with Crippen LogP contribution in [0.5, 0.6) is 11.6 Å². The summed E-state index contributed by atoms with van der Waals surface area (Å²) >= 11 is 1.78. The Bertz CT molecular complexity index is 818. The quantitative estimate of drug-likeness (QED) is 0.329. The highest BCUT2D eigenvalue weighted by molar-refractivity contribution is 7.99. The lowest BCUT2D eigenvalue weighted by atomic mass is 10.0. The summed E-state index contributed by atoms with van der Waals surface area (Å²) in [6.45, 7) is 7.12. The van der Waals surface area contributed by atoms with E-state index in [0.29, 0.717) is 11.1 Å². The van der Waals surface area contributed by atoms with Crippen LogP contribution < -0.4 is 4.74 Å². The third-order valence-corrected chi connectivity index (χ3v) is 6.25. The molecule has 0 radical (unpaired) electrons. The Morgan fingerprint density at radius 2 is 2.00 bits per heavy atom. The van der Waals surface area contributed by atoms with E-state index in [9.17, 15) is 0 Å². The minimum Gasteiger partial charge on any atom is -0.439 e. The molecule has 3 rings (SSSR count). The predicted molar refractivity (Wildman–Crippen MR) is 117 cm³/mol. The zero-order valence-corrected chi connectivity index (χ0v) is 18.1. The van der Waals surface area contributed by atoms with Crippen LogP contribution in [0.1, 0.15) is 50.2 Å². The van der Waals surface area contributed by atoms with Crippen LogP contribution in [0.2, 0.25) is 0 Å². The van der Waals surface area contributed by atoms with Crippen molar-refractivity contribution < 1.29 is 4.74 Å². The van der Waals surface area contributed by atoms with Crippen molar-refractivity contribution in [2.24, 2.45) is 4.99 Å². The topological polar surface area (TPSA) is 50.6 Å². The second kappa shape index (κ2) is 9.92. The summed E-state index contributed by atoms with van der Waals surface area (Å²) in [6.07, 6.45) is 10.1. The summed E-state index contributed by atoms with van der Waals surface area (Å²) in [5.74, 6) is 1.41. The molecule has 0 atom stereocenters. The fourth-order valence-electron chi connectivity index (χ4n) is 3.15. The van der Waals surface area contributed by atoms with Crippen LogP contribution in [-0.2, 0) is 0 Å². The van der Waals surface area contributed by atoms with Crippen molar-refractivity contribution in [3.05, 3.63) is 35.5 Å². The van der Waals surface area contributed by atoms with E-state index in [2.05, 4.69) is 34.9 Å². The normalized spacial score (nSPS) is 15.1. The number of aliphatic imine (C=N–C) groups is 1. The first-order valence-corrected chi connectivity index (χ1v) is 11.0. The molecule has 0 unspecified atom stereocenters. The monoisotopic (exact) mass is 398 g/mol. The second-order valence-corrected chi connectivity index (χ2v) is 8.65. The maximum absolute atomic E-state index is 6.09. The fraction of sp³-hybridized carbons (Fsp3) is 0.500. The van der Waals surface area contributed by atoms with E-state index in [1.165, 1.54) is 32.1 Å². The van der Waals surface area contributed by atoms with Gasteiger partial charge in [-0.15, -0.1) is 0 Å². The lowest BCUT2D eigenvalue weighted by molar-refractivity contribution is 0.451. The molecule has 6 heteroatoms. The highest BCUT2D eigenvalue weighted by Gasteiger charge is 2.16. The molecule has 1 aliphatic rings. The standard InChI is InChI=1S/C22H30N4OS/c1-5-26(4)15-24-19-13-17(3)20(14-16(19)2)27-21-11-12-23-22(25-21)28-18-9-7-6-8-10-18/h11-15,18H,5-10H2,1-4H3. The molecule has 150 valence electrons. The average molecular weight is 399 g/mol. The Balaban J connectivity index is 1.71. The maximum atomic E-state index is 6.09. The molecule has 0 saturated heterocycles. The van der Waals surface area contributed by atoms with Gasteiger partial charge < -0.3 is 9.64 Å². The van der Waals surface area contributed by atoms with Crippen molar-refractivity contribution in [1.82, 2.24) is 14.9 Å². The Morgan fingerprint density at radius 3 is 2.75 bits per heavy atom. The molecule has 0 spiro atoms. The van der Waals surface area contributed by atoms with E-state index in [4.69, 9.17) is 4.74 Å². The molecular weight excluding hydrogens is 368 g/mol. The molecule has 0 amide bonds. The number of thioether (sulfide) groups is 1. The van der Waals surface area contributed by atoms with Gasteiger partial charge in [-0.05, 0) is 56.9 Å². The Kier molecular flexibility index (Phi) is 7.31. The Labute approximate surface area is 172 Å². The first-order chi connectivity index (χ1) is 13.5. The molecule has 28 heavy (non-hydrogen) atoms. The van der Waals surface area contributed by atoms with Crippen molar-refractivity contribution in [3.8, 4) is 11.6 Å². The summed E-state index contributed by atoms with van der Waals surface area (Å²) in [5, 5.41) is 1.44. The molecule has 1 saturated carbocycles. The Hall–Kier alpha value is -2.08. The lowest BCUT2D eigenvalue weighted by Crippen LogP contribution is -2.14. The molecule has 1 aromatic carbocycles. The van der Waals surface area contributed by atoms with Crippen molar-refractivity contribution in [2.45, 2.75) is 63.3 Å². The van der Waals surface area contributed by atoms with Gasteiger partial charge >= 0.3 is 0 Å². The van der Waals surface area contributed by atoms with Gasteiger partial charge in [-0.2, -0.15) is 4.98 Å². The molecule has 2 aromatic rings. The molecule has 1 fully saturated rings. The predicted octanol–water partition coefficient (Wildman–Crippen LogP) is 5.92. The molecule has 1 heterocycles. The number of rotatable bonds is 7.